The highest BCUT2D eigenvalue weighted by molar-refractivity contribution is 7.92. The van der Waals surface area contributed by atoms with Crippen LogP contribution in [0.3, 0.4) is 0 Å². The van der Waals surface area contributed by atoms with Crippen LogP contribution in [0.15, 0.2) is 34.0 Å². The van der Waals surface area contributed by atoms with E-state index in [-0.39, 0.29) is 34.9 Å². The predicted molar refractivity (Wildman–Crippen MR) is 119 cm³/mol. The summed E-state index contributed by atoms with van der Waals surface area (Å²) in [7, 11) is -1.67. The Morgan fingerprint density at radius 3 is 2.39 bits per heavy atom. The zero-order valence-corrected chi connectivity index (χ0v) is 19.7. The summed E-state index contributed by atoms with van der Waals surface area (Å²) in [5, 5.41) is 3.97. The number of nitrogens with zero attached hydrogens (tertiary/aromatic N) is 4. The molecule has 3 rings (SSSR count). The summed E-state index contributed by atoms with van der Waals surface area (Å²) in [5.41, 5.74) is 0.650. The lowest BCUT2D eigenvalue weighted by Gasteiger charge is -2.32. The van der Waals surface area contributed by atoms with Crippen molar-refractivity contribution >= 4 is 15.7 Å². The minimum atomic E-state index is -3.33. The zero-order valence-electron chi connectivity index (χ0n) is 18.9. The number of hydrogen-bond donors (Lipinski definition) is 0. The molecule has 1 amide bonds. The van der Waals surface area contributed by atoms with Crippen LogP contribution >= 0.6 is 0 Å². The van der Waals surface area contributed by atoms with Gasteiger partial charge in [-0.15, -0.1) is 0 Å². The van der Waals surface area contributed by atoms with Crippen molar-refractivity contribution in [3.05, 3.63) is 46.1 Å². The van der Waals surface area contributed by atoms with Crippen molar-refractivity contribution in [3.63, 3.8) is 0 Å². The van der Waals surface area contributed by atoms with Gasteiger partial charge in [0, 0.05) is 32.1 Å². The molecule has 1 aliphatic rings. The second-order valence-corrected chi connectivity index (χ2v) is 11.3. The zero-order chi connectivity index (χ0) is 22.9. The first-order valence-corrected chi connectivity index (χ1v) is 12.3. The van der Waals surface area contributed by atoms with Crippen molar-refractivity contribution in [2.24, 2.45) is 7.05 Å². The van der Waals surface area contributed by atoms with E-state index in [1.54, 1.807) is 49.7 Å². The summed E-state index contributed by atoms with van der Waals surface area (Å²) in [6.07, 6.45) is 1.95. The summed E-state index contributed by atoms with van der Waals surface area (Å²) < 4.78 is 27.6. The Hall–Kier alpha value is -2.42. The third-order valence-corrected chi connectivity index (χ3v) is 8.04. The molecule has 0 saturated carbocycles. The fourth-order valence-corrected chi connectivity index (χ4v) is 5.09. The van der Waals surface area contributed by atoms with Crippen LogP contribution in [0.1, 0.15) is 63.9 Å². The molecule has 0 spiro atoms. The third kappa shape index (κ3) is 4.76. The highest BCUT2D eigenvalue weighted by Crippen LogP contribution is 2.27. The number of carbonyl (C=O) groups is 1. The topological polar surface area (TPSA) is 94.3 Å². The molecule has 0 radical (unpaired) electrons. The van der Waals surface area contributed by atoms with Gasteiger partial charge in [0.1, 0.15) is 5.82 Å². The molecular formula is C22H32N4O4S. The lowest BCUT2D eigenvalue weighted by Crippen LogP contribution is -2.41. The second-order valence-electron chi connectivity index (χ2n) is 8.82. The first-order valence-electron chi connectivity index (χ1n) is 10.8. The molecule has 0 N–H and O–H groups in total. The second kappa shape index (κ2) is 8.98. The maximum Gasteiger partial charge on any atom is 0.345 e. The van der Waals surface area contributed by atoms with Gasteiger partial charge in [0.05, 0.1) is 16.6 Å². The fraction of sp³-hybridized carbons (Fsp3) is 0.591. The van der Waals surface area contributed by atoms with Crippen LogP contribution in [0.25, 0.3) is 0 Å². The highest BCUT2D eigenvalue weighted by Gasteiger charge is 2.30. The van der Waals surface area contributed by atoms with Crippen molar-refractivity contribution in [1.82, 2.24) is 19.2 Å². The van der Waals surface area contributed by atoms with Crippen LogP contribution in [0.5, 0.6) is 0 Å². The van der Waals surface area contributed by atoms with E-state index in [9.17, 15) is 18.0 Å². The van der Waals surface area contributed by atoms with Gasteiger partial charge in [-0.05, 0) is 58.2 Å². The SMILES string of the molecule is CC(C)n1c(C2CCCN(C(=O)Cc3ccc(S(=O)(=O)C(C)C)cc3)C2)nn(C)c1=O. The molecule has 1 saturated heterocycles. The quantitative estimate of drug-likeness (QED) is 0.676. The molecular weight excluding hydrogens is 416 g/mol. The molecule has 1 aromatic carbocycles. The summed E-state index contributed by atoms with van der Waals surface area (Å²) in [4.78, 5) is 27.5. The van der Waals surface area contributed by atoms with Crippen LogP contribution in [-0.4, -0.2) is 51.9 Å². The van der Waals surface area contributed by atoms with Crippen molar-refractivity contribution < 1.29 is 13.2 Å². The number of amides is 1. The Kier molecular flexibility index (Phi) is 6.73. The number of aromatic nitrogens is 3. The first kappa shape index (κ1) is 23.2. The van der Waals surface area contributed by atoms with E-state index in [1.165, 1.54) is 4.68 Å². The van der Waals surface area contributed by atoms with Crippen LogP contribution in [0.2, 0.25) is 0 Å². The maximum absolute atomic E-state index is 12.9. The number of hydrogen-bond acceptors (Lipinski definition) is 5. The van der Waals surface area contributed by atoms with Crippen LogP contribution < -0.4 is 5.69 Å². The number of likely N-dealkylation sites (tertiary alicyclic amines) is 1. The smallest absolute Gasteiger partial charge is 0.342 e. The van der Waals surface area contributed by atoms with Gasteiger partial charge in [0.2, 0.25) is 5.91 Å². The number of aryl methyl sites for hydroxylation is 1. The lowest BCUT2D eigenvalue weighted by atomic mass is 9.96. The number of benzene rings is 1. The van der Waals surface area contributed by atoms with Gasteiger partial charge in [-0.3, -0.25) is 9.36 Å². The van der Waals surface area contributed by atoms with E-state index in [1.807, 2.05) is 18.7 Å². The van der Waals surface area contributed by atoms with Gasteiger partial charge < -0.3 is 4.90 Å². The largest absolute Gasteiger partial charge is 0.345 e. The van der Waals surface area contributed by atoms with Crippen LogP contribution in [-0.2, 0) is 28.1 Å². The number of piperidine rings is 1. The van der Waals surface area contributed by atoms with E-state index in [2.05, 4.69) is 5.10 Å². The average molecular weight is 449 g/mol. The molecule has 1 aliphatic heterocycles. The van der Waals surface area contributed by atoms with Crippen molar-refractivity contribution in [2.75, 3.05) is 13.1 Å². The molecule has 1 fully saturated rings. The first-order chi connectivity index (χ1) is 14.5. The summed E-state index contributed by atoms with van der Waals surface area (Å²) >= 11 is 0. The standard InChI is InChI=1S/C22H32N4O4S/c1-15(2)26-21(23-24(5)22(26)28)18-7-6-12-25(14-18)20(27)13-17-8-10-19(11-9-17)31(29,30)16(3)4/h8-11,15-16,18H,6-7,12-14H2,1-5H3. The van der Waals surface area contributed by atoms with Crippen molar-refractivity contribution in [2.45, 2.75) is 69.1 Å². The van der Waals surface area contributed by atoms with Crippen molar-refractivity contribution in [3.8, 4) is 0 Å². The van der Waals surface area contributed by atoms with Crippen LogP contribution in [0, 0.1) is 0 Å². The van der Waals surface area contributed by atoms with Gasteiger partial charge in [0.25, 0.3) is 0 Å². The molecule has 2 aromatic rings. The van der Waals surface area contributed by atoms with Gasteiger partial charge in [0.15, 0.2) is 9.84 Å². The summed E-state index contributed by atoms with van der Waals surface area (Å²) in [6, 6.07) is 6.58. The van der Waals surface area contributed by atoms with E-state index in [4.69, 9.17) is 0 Å². The Balaban J connectivity index is 1.72. The molecule has 170 valence electrons. The van der Waals surface area contributed by atoms with Gasteiger partial charge in [-0.2, -0.15) is 5.10 Å². The average Bonchev–Trinajstić information content (AvgIpc) is 3.03. The lowest BCUT2D eigenvalue weighted by molar-refractivity contribution is -0.131. The van der Waals surface area contributed by atoms with Crippen LogP contribution in [0.4, 0.5) is 0 Å². The molecule has 1 atom stereocenters. The van der Waals surface area contributed by atoms with Gasteiger partial charge in [-0.25, -0.2) is 17.9 Å². The molecule has 1 aromatic heterocycles. The maximum atomic E-state index is 12.9. The molecule has 0 bridgehead atoms. The minimum Gasteiger partial charge on any atom is -0.342 e. The van der Waals surface area contributed by atoms with Crippen molar-refractivity contribution in [1.29, 1.82) is 0 Å². The molecule has 0 aliphatic carbocycles. The van der Waals surface area contributed by atoms with Gasteiger partial charge in [-0.1, -0.05) is 12.1 Å². The van der Waals surface area contributed by atoms with E-state index >= 15 is 0 Å². The number of carbonyl (C=O) groups excluding carboxylic acids is 1. The summed E-state index contributed by atoms with van der Waals surface area (Å²) in [6.45, 7) is 8.43. The number of sulfone groups is 1. The normalized spacial score (nSPS) is 17.5. The Morgan fingerprint density at radius 2 is 1.81 bits per heavy atom. The molecule has 1 unspecified atom stereocenters. The van der Waals surface area contributed by atoms with E-state index < -0.39 is 15.1 Å². The summed E-state index contributed by atoms with van der Waals surface area (Å²) in [5.74, 6) is 0.759. The Bertz CT molecular complexity index is 1100. The monoisotopic (exact) mass is 448 g/mol. The molecule has 31 heavy (non-hydrogen) atoms. The predicted octanol–water partition coefficient (Wildman–Crippen LogP) is 2.29. The minimum absolute atomic E-state index is 0.00135. The Labute approximate surface area is 183 Å². The third-order valence-electron chi connectivity index (χ3n) is 5.87. The van der Waals surface area contributed by atoms with Gasteiger partial charge >= 0.3 is 5.69 Å². The van der Waals surface area contributed by atoms with E-state index in [0.717, 1.165) is 24.2 Å². The molecule has 9 heteroatoms. The fourth-order valence-electron chi connectivity index (χ4n) is 4.03. The number of rotatable bonds is 6. The highest BCUT2D eigenvalue weighted by atomic mass is 32.2. The molecule has 8 nitrogen and oxygen atoms in total. The molecule has 2 heterocycles. The Morgan fingerprint density at radius 1 is 1.16 bits per heavy atom. The van der Waals surface area contributed by atoms with E-state index in [0.29, 0.717) is 13.1 Å².